The van der Waals surface area contributed by atoms with Crippen LogP contribution in [0, 0.1) is 0 Å². The lowest BCUT2D eigenvalue weighted by Gasteiger charge is -2.19. The predicted octanol–water partition coefficient (Wildman–Crippen LogP) is 1.57. The van der Waals surface area contributed by atoms with E-state index in [4.69, 9.17) is 0 Å². The average Bonchev–Trinajstić information content (AvgIpc) is 3.31. The number of nitrogens with zero attached hydrogens (tertiary/aromatic N) is 1. The molecule has 9 nitrogen and oxygen atoms in total. The Morgan fingerprint density at radius 1 is 1.28 bits per heavy atom. The Kier molecular flexibility index (Phi) is 5.83. The number of sulfone groups is 1. The first-order valence-electron chi connectivity index (χ1n) is 9.71. The van der Waals surface area contributed by atoms with Gasteiger partial charge in [0.1, 0.15) is 5.54 Å². The molecular formula is C19H26N4O5S. The highest BCUT2D eigenvalue weighted by Crippen LogP contribution is 2.30. The number of amides is 4. The van der Waals surface area contributed by atoms with Gasteiger partial charge in [-0.25, -0.2) is 13.2 Å². The quantitative estimate of drug-likeness (QED) is 0.573. The number of rotatable bonds is 7. The number of urea groups is 1. The Bertz CT molecular complexity index is 926. The van der Waals surface area contributed by atoms with E-state index in [9.17, 15) is 22.8 Å². The van der Waals surface area contributed by atoms with Gasteiger partial charge in [-0.15, -0.1) is 0 Å². The second kappa shape index (κ2) is 8.02. The summed E-state index contributed by atoms with van der Waals surface area (Å²) in [4.78, 5) is 36.7. The third-order valence-corrected chi connectivity index (χ3v) is 7.82. The van der Waals surface area contributed by atoms with E-state index in [1.807, 2.05) is 0 Å². The van der Waals surface area contributed by atoms with Gasteiger partial charge in [-0.3, -0.25) is 15.0 Å². The summed E-state index contributed by atoms with van der Waals surface area (Å²) < 4.78 is 25.4. The zero-order valence-electron chi connectivity index (χ0n) is 16.5. The maximum atomic E-state index is 12.7. The van der Waals surface area contributed by atoms with Crippen LogP contribution in [0.4, 0.5) is 10.5 Å². The number of nitrogens with one attached hydrogen (secondary N) is 3. The van der Waals surface area contributed by atoms with E-state index in [2.05, 4.69) is 16.1 Å². The Balaban J connectivity index is 1.61. The number of imide groups is 1. The van der Waals surface area contributed by atoms with Crippen molar-refractivity contribution in [2.45, 2.75) is 61.6 Å². The van der Waals surface area contributed by atoms with Crippen LogP contribution in [0.1, 0.15) is 46.0 Å². The van der Waals surface area contributed by atoms with E-state index in [0.29, 0.717) is 30.0 Å². The van der Waals surface area contributed by atoms with Crippen molar-refractivity contribution in [2.75, 3.05) is 11.9 Å². The van der Waals surface area contributed by atoms with Crippen molar-refractivity contribution >= 4 is 33.4 Å². The van der Waals surface area contributed by atoms with Crippen LogP contribution in [0.5, 0.6) is 0 Å². The zero-order valence-corrected chi connectivity index (χ0v) is 17.3. The first-order chi connectivity index (χ1) is 13.7. The maximum Gasteiger partial charge on any atom is 0.344 e. The molecule has 1 heterocycles. The third-order valence-electron chi connectivity index (χ3n) is 5.56. The van der Waals surface area contributed by atoms with Crippen molar-refractivity contribution in [3.8, 4) is 0 Å². The van der Waals surface area contributed by atoms with E-state index in [-0.39, 0.29) is 16.7 Å². The van der Waals surface area contributed by atoms with Crippen LogP contribution in [0.2, 0.25) is 0 Å². The summed E-state index contributed by atoms with van der Waals surface area (Å²) in [5, 5.41) is 5.71. The molecule has 1 unspecified atom stereocenters. The molecule has 0 spiro atoms. The largest absolute Gasteiger partial charge is 0.376 e. The summed E-state index contributed by atoms with van der Waals surface area (Å²) in [7, 11) is -3.40. The molecule has 1 atom stereocenters. The third kappa shape index (κ3) is 4.21. The number of anilines is 1. The van der Waals surface area contributed by atoms with Gasteiger partial charge in [0.05, 0.1) is 16.7 Å². The molecule has 3 N–H and O–H groups in total. The fourth-order valence-electron chi connectivity index (χ4n) is 3.55. The minimum atomic E-state index is -3.40. The molecule has 0 bridgehead atoms. The van der Waals surface area contributed by atoms with Crippen LogP contribution in [0.25, 0.3) is 0 Å². The lowest BCUT2D eigenvalue weighted by molar-refractivity contribution is -0.138. The number of hydrogen-bond donors (Lipinski definition) is 3. The SMILES string of the molecule is CCC1(C)NC(=O)N(NC(=O)CNc2cccc(S(=O)(=O)C3CCCC3)c2)C1=O. The Morgan fingerprint density at radius 3 is 2.59 bits per heavy atom. The second-order valence-corrected chi connectivity index (χ2v) is 9.85. The van der Waals surface area contributed by atoms with E-state index < -0.39 is 33.2 Å². The van der Waals surface area contributed by atoms with Crippen LogP contribution in [-0.2, 0) is 19.4 Å². The maximum absolute atomic E-state index is 12.7. The first-order valence-corrected chi connectivity index (χ1v) is 11.3. The minimum Gasteiger partial charge on any atom is -0.376 e. The fourth-order valence-corrected chi connectivity index (χ4v) is 5.44. The molecule has 1 aromatic carbocycles. The van der Waals surface area contributed by atoms with Crippen LogP contribution in [0.3, 0.4) is 0 Å². The van der Waals surface area contributed by atoms with Gasteiger partial charge in [-0.05, 0) is 44.4 Å². The highest BCUT2D eigenvalue weighted by molar-refractivity contribution is 7.92. The lowest BCUT2D eigenvalue weighted by Crippen LogP contribution is -2.50. The van der Waals surface area contributed by atoms with Gasteiger partial charge in [0.15, 0.2) is 9.84 Å². The van der Waals surface area contributed by atoms with Gasteiger partial charge < -0.3 is 10.6 Å². The first kappa shape index (κ1) is 21.1. The molecule has 1 aliphatic carbocycles. The summed E-state index contributed by atoms with van der Waals surface area (Å²) in [6.07, 6.45) is 3.57. The molecular weight excluding hydrogens is 396 g/mol. The fraction of sp³-hybridized carbons (Fsp3) is 0.526. The van der Waals surface area contributed by atoms with Crippen molar-refractivity contribution < 1.29 is 22.8 Å². The predicted molar refractivity (Wildman–Crippen MR) is 107 cm³/mol. The molecule has 29 heavy (non-hydrogen) atoms. The summed E-state index contributed by atoms with van der Waals surface area (Å²) >= 11 is 0. The van der Waals surface area contributed by atoms with Crippen molar-refractivity contribution in [1.29, 1.82) is 0 Å². The van der Waals surface area contributed by atoms with Gasteiger partial charge in [0, 0.05) is 5.69 Å². The molecule has 1 saturated carbocycles. The van der Waals surface area contributed by atoms with Crippen LogP contribution < -0.4 is 16.1 Å². The molecule has 1 aliphatic heterocycles. The number of carbonyl (C=O) groups is 3. The van der Waals surface area contributed by atoms with Gasteiger partial charge in [0.2, 0.25) is 0 Å². The molecule has 2 fully saturated rings. The molecule has 2 aliphatic rings. The molecule has 0 radical (unpaired) electrons. The monoisotopic (exact) mass is 422 g/mol. The number of hydrogen-bond acceptors (Lipinski definition) is 6. The zero-order chi connectivity index (χ0) is 21.2. The van der Waals surface area contributed by atoms with Crippen molar-refractivity contribution in [2.24, 2.45) is 0 Å². The van der Waals surface area contributed by atoms with E-state index in [0.717, 1.165) is 12.8 Å². The number of hydrazine groups is 1. The van der Waals surface area contributed by atoms with E-state index in [1.54, 1.807) is 32.0 Å². The molecule has 4 amide bonds. The van der Waals surface area contributed by atoms with Crippen molar-refractivity contribution in [1.82, 2.24) is 15.8 Å². The molecule has 0 aromatic heterocycles. The minimum absolute atomic E-state index is 0.225. The Labute approximate surface area is 170 Å². The molecule has 1 saturated heterocycles. The highest BCUT2D eigenvalue weighted by atomic mass is 32.2. The molecule has 10 heteroatoms. The summed E-state index contributed by atoms with van der Waals surface area (Å²) in [6, 6.07) is 5.65. The Hall–Kier alpha value is -2.62. The lowest BCUT2D eigenvalue weighted by atomic mass is 10.00. The topological polar surface area (TPSA) is 125 Å². The van der Waals surface area contributed by atoms with Gasteiger partial charge in [-0.2, -0.15) is 5.01 Å². The summed E-state index contributed by atoms with van der Waals surface area (Å²) in [5.41, 5.74) is 1.71. The van der Waals surface area contributed by atoms with Gasteiger partial charge >= 0.3 is 6.03 Å². The number of benzene rings is 1. The standard InChI is InChI=1S/C19H26N4O5S/c1-3-19(2)17(25)23(18(26)21-19)22-16(24)12-20-13-7-6-10-15(11-13)29(27,28)14-8-4-5-9-14/h6-7,10-11,14,20H,3-5,8-9,12H2,1-2H3,(H,21,26)(H,22,24). The van der Waals surface area contributed by atoms with Gasteiger partial charge in [0.25, 0.3) is 11.8 Å². The van der Waals surface area contributed by atoms with Crippen LogP contribution >= 0.6 is 0 Å². The van der Waals surface area contributed by atoms with Crippen LogP contribution in [-0.4, -0.2) is 48.6 Å². The van der Waals surface area contributed by atoms with Crippen molar-refractivity contribution in [3.63, 3.8) is 0 Å². The number of carbonyl (C=O) groups excluding carboxylic acids is 3. The van der Waals surface area contributed by atoms with Crippen molar-refractivity contribution in [3.05, 3.63) is 24.3 Å². The normalized spacial score (nSPS) is 22.6. The molecule has 1 aromatic rings. The average molecular weight is 423 g/mol. The smallest absolute Gasteiger partial charge is 0.344 e. The van der Waals surface area contributed by atoms with Crippen LogP contribution in [0.15, 0.2) is 29.2 Å². The van der Waals surface area contributed by atoms with Gasteiger partial charge in [-0.1, -0.05) is 25.8 Å². The molecule has 158 valence electrons. The second-order valence-electron chi connectivity index (χ2n) is 7.62. The highest BCUT2D eigenvalue weighted by Gasteiger charge is 2.47. The summed E-state index contributed by atoms with van der Waals surface area (Å²) in [5.74, 6) is -1.12. The summed E-state index contributed by atoms with van der Waals surface area (Å²) in [6.45, 7) is 3.12. The van der Waals surface area contributed by atoms with E-state index >= 15 is 0 Å². The van der Waals surface area contributed by atoms with E-state index in [1.165, 1.54) is 6.07 Å². The Morgan fingerprint density at radius 2 is 1.97 bits per heavy atom. The molecule has 3 rings (SSSR count).